The maximum absolute atomic E-state index is 13.0. The fourth-order valence-electron chi connectivity index (χ4n) is 1.57. The molecule has 3 nitrogen and oxygen atoms in total. The second kappa shape index (κ2) is 6.55. The zero-order valence-electron chi connectivity index (χ0n) is 10.0. The number of nitrogens with zero attached hydrogens (tertiary/aromatic N) is 1. The van der Waals surface area contributed by atoms with E-state index in [1.54, 1.807) is 13.3 Å². The summed E-state index contributed by atoms with van der Waals surface area (Å²) in [6, 6.07) is 1.93. The van der Waals surface area contributed by atoms with Gasteiger partial charge in [0.25, 0.3) is 0 Å². The SMILES string of the molecule is COCCC(C)NC(C)c1cncc(F)c1. The van der Waals surface area contributed by atoms with E-state index < -0.39 is 0 Å². The molecule has 0 radical (unpaired) electrons. The zero-order chi connectivity index (χ0) is 12.0. The lowest BCUT2D eigenvalue weighted by atomic mass is 10.1. The molecule has 1 heterocycles. The highest BCUT2D eigenvalue weighted by Gasteiger charge is 2.10. The molecule has 0 saturated carbocycles. The van der Waals surface area contributed by atoms with E-state index >= 15 is 0 Å². The minimum absolute atomic E-state index is 0.0926. The summed E-state index contributed by atoms with van der Waals surface area (Å²) in [6.45, 7) is 4.81. The topological polar surface area (TPSA) is 34.1 Å². The molecule has 0 saturated heterocycles. The number of hydrogen-bond donors (Lipinski definition) is 1. The molecule has 1 aromatic rings. The third kappa shape index (κ3) is 4.24. The number of hydrogen-bond acceptors (Lipinski definition) is 3. The quantitative estimate of drug-likeness (QED) is 0.808. The molecule has 0 amide bonds. The second-order valence-electron chi connectivity index (χ2n) is 4.01. The molecule has 1 rings (SSSR count). The largest absolute Gasteiger partial charge is 0.385 e. The normalized spacial score (nSPS) is 14.8. The van der Waals surface area contributed by atoms with Crippen molar-refractivity contribution < 1.29 is 9.13 Å². The van der Waals surface area contributed by atoms with Crippen molar-refractivity contribution in [2.24, 2.45) is 0 Å². The van der Waals surface area contributed by atoms with Crippen molar-refractivity contribution in [1.82, 2.24) is 10.3 Å². The predicted octanol–water partition coefficient (Wildman–Crippen LogP) is 2.30. The first-order valence-electron chi connectivity index (χ1n) is 5.49. The molecule has 0 aliphatic carbocycles. The van der Waals surface area contributed by atoms with E-state index in [4.69, 9.17) is 4.74 Å². The molecule has 2 unspecified atom stereocenters. The van der Waals surface area contributed by atoms with E-state index in [2.05, 4.69) is 17.2 Å². The van der Waals surface area contributed by atoms with Gasteiger partial charge in [-0.2, -0.15) is 0 Å². The van der Waals surface area contributed by atoms with Crippen molar-refractivity contribution in [2.45, 2.75) is 32.4 Å². The number of aromatic nitrogens is 1. The molecule has 0 aliphatic rings. The van der Waals surface area contributed by atoms with Gasteiger partial charge < -0.3 is 10.1 Å². The van der Waals surface area contributed by atoms with Crippen LogP contribution in [0.1, 0.15) is 31.9 Å². The second-order valence-corrected chi connectivity index (χ2v) is 4.01. The van der Waals surface area contributed by atoms with Crippen LogP contribution in [0.4, 0.5) is 4.39 Å². The van der Waals surface area contributed by atoms with Crippen LogP contribution in [0.25, 0.3) is 0 Å². The molecule has 0 fully saturated rings. The van der Waals surface area contributed by atoms with E-state index in [0.29, 0.717) is 6.04 Å². The van der Waals surface area contributed by atoms with Gasteiger partial charge in [0.2, 0.25) is 0 Å². The van der Waals surface area contributed by atoms with Crippen molar-refractivity contribution in [2.75, 3.05) is 13.7 Å². The van der Waals surface area contributed by atoms with Crippen LogP contribution in [-0.2, 0) is 4.74 Å². The van der Waals surface area contributed by atoms with Crippen LogP contribution >= 0.6 is 0 Å². The van der Waals surface area contributed by atoms with Gasteiger partial charge in [-0.15, -0.1) is 0 Å². The Labute approximate surface area is 96.0 Å². The van der Waals surface area contributed by atoms with Gasteiger partial charge in [-0.3, -0.25) is 4.98 Å². The molecule has 1 N–H and O–H groups in total. The summed E-state index contributed by atoms with van der Waals surface area (Å²) in [5.41, 5.74) is 0.865. The summed E-state index contributed by atoms with van der Waals surface area (Å²) in [5.74, 6) is -0.296. The number of ether oxygens (including phenoxy) is 1. The Morgan fingerprint density at radius 3 is 2.81 bits per heavy atom. The molecule has 1 aromatic heterocycles. The number of halogens is 1. The number of nitrogens with one attached hydrogen (secondary N) is 1. The highest BCUT2D eigenvalue weighted by Crippen LogP contribution is 2.13. The minimum Gasteiger partial charge on any atom is -0.385 e. The molecule has 0 spiro atoms. The van der Waals surface area contributed by atoms with Crippen molar-refractivity contribution >= 4 is 0 Å². The van der Waals surface area contributed by atoms with Crippen LogP contribution in [0.5, 0.6) is 0 Å². The lowest BCUT2D eigenvalue weighted by molar-refractivity contribution is 0.183. The number of rotatable bonds is 6. The molecule has 0 bridgehead atoms. The molecule has 2 atom stereocenters. The molecule has 90 valence electrons. The van der Waals surface area contributed by atoms with E-state index in [9.17, 15) is 4.39 Å². The molecular weight excluding hydrogens is 207 g/mol. The van der Waals surface area contributed by atoms with E-state index in [0.717, 1.165) is 18.6 Å². The molecule has 4 heteroatoms. The average Bonchev–Trinajstić information content (AvgIpc) is 2.26. The predicted molar refractivity (Wildman–Crippen MR) is 61.7 cm³/mol. The smallest absolute Gasteiger partial charge is 0.141 e. The summed E-state index contributed by atoms with van der Waals surface area (Å²) < 4.78 is 18.0. The standard InChI is InChI=1S/C12H19FN2O/c1-9(4-5-16-3)15-10(2)11-6-12(13)8-14-7-11/h6-10,15H,4-5H2,1-3H3. The number of methoxy groups -OCH3 is 1. The van der Waals surface area contributed by atoms with E-state index in [1.165, 1.54) is 12.3 Å². The van der Waals surface area contributed by atoms with Crippen molar-refractivity contribution in [1.29, 1.82) is 0 Å². The van der Waals surface area contributed by atoms with Crippen LogP contribution in [0.15, 0.2) is 18.5 Å². The van der Waals surface area contributed by atoms with E-state index in [-0.39, 0.29) is 11.9 Å². The summed E-state index contributed by atoms with van der Waals surface area (Å²) in [6.07, 6.45) is 3.83. The van der Waals surface area contributed by atoms with Crippen LogP contribution in [-0.4, -0.2) is 24.7 Å². The lowest BCUT2D eigenvalue weighted by Gasteiger charge is -2.19. The Morgan fingerprint density at radius 1 is 1.44 bits per heavy atom. The molecule has 0 aliphatic heterocycles. The number of pyridine rings is 1. The summed E-state index contributed by atoms with van der Waals surface area (Å²) in [7, 11) is 1.69. The zero-order valence-corrected chi connectivity index (χ0v) is 10.0. The van der Waals surface area contributed by atoms with Crippen LogP contribution in [0.2, 0.25) is 0 Å². The van der Waals surface area contributed by atoms with Gasteiger partial charge in [0.1, 0.15) is 5.82 Å². The van der Waals surface area contributed by atoms with Crippen molar-refractivity contribution in [3.8, 4) is 0 Å². The van der Waals surface area contributed by atoms with Gasteiger partial charge in [0, 0.05) is 32.0 Å². The molecule has 16 heavy (non-hydrogen) atoms. The van der Waals surface area contributed by atoms with Crippen LogP contribution in [0, 0.1) is 5.82 Å². The Balaban J connectivity index is 2.48. The lowest BCUT2D eigenvalue weighted by Crippen LogP contribution is -2.30. The maximum Gasteiger partial charge on any atom is 0.141 e. The first kappa shape index (κ1) is 13.1. The first-order chi connectivity index (χ1) is 7.63. The first-order valence-corrected chi connectivity index (χ1v) is 5.49. The summed E-state index contributed by atoms with van der Waals surface area (Å²) >= 11 is 0. The van der Waals surface area contributed by atoms with Gasteiger partial charge in [-0.1, -0.05) is 0 Å². The summed E-state index contributed by atoms with van der Waals surface area (Å²) in [5, 5.41) is 3.37. The van der Waals surface area contributed by atoms with E-state index in [1.807, 2.05) is 6.92 Å². The Kier molecular flexibility index (Phi) is 5.35. The molecule has 0 aromatic carbocycles. The van der Waals surface area contributed by atoms with Gasteiger partial charge in [0.05, 0.1) is 6.20 Å². The Hall–Kier alpha value is -1.00. The average molecular weight is 226 g/mol. The fraction of sp³-hybridized carbons (Fsp3) is 0.583. The van der Waals surface area contributed by atoms with Crippen molar-refractivity contribution in [3.63, 3.8) is 0 Å². The molecular formula is C12H19FN2O. The van der Waals surface area contributed by atoms with Crippen LogP contribution in [0.3, 0.4) is 0 Å². The third-order valence-corrected chi connectivity index (χ3v) is 2.52. The Bertz CT molecular complexity index is 320. The van der Waals surface area contributed by atoms with Crippen molar-refractivity contribution in [3.05, 3.63) is 29.8 Å². The highest BCUT2D eigenvalue weighted by molar-refractivity contribution is 5.14. The fourth-order valence-corrected chi connectivity index (χ4v) is 1.57. The highest BCUT2D eigenvalue weighted by atomic mass is 19.1. The Morgan fingerprint density at radius 2 is 2.19 bits per heavy atom. The summed E-state index contributed by atoms with van der Waals surface area (Å²) in [4.78, 5) is 3.84. The van der Waals surface area contributed by atoms with Crippen LogP contribution < -0.4 is 5.32 Å². The monoisotopic (exact) mass is 226 g/mol. The third-order valence-electron chi connectivity index (χ3n) is 2.52. The van der Waals surface area contributed by atoms with Gasteiger partial charge in [-0.25, -0.2) is 4.39 Å². The van der Waals surface area contributed by atoms with Gasteiger partial charge >= 0.3 is 0 Å². The minimum atomic E-state index is -0.296. The maximum atomic E-state index is 13.0. The van der Waals surface area contributed by atoms with Gasteiger partial charge in [0.15, 0.2) is 0 Å². The van der Waals surface area contributed by atoms with Gasteiger partial charge in [-0.05, 0) is 31.9 Å².